The summed E-state index contributed by atoms with van der Waals surface area (Å²) in [6.45, 7) is 5.01. The van der Waals surface area contributed by atoms with Crippen LogP contribution in [0.15, 0.2) is 24.3 Å². The molecule has 0 unspecified atom stereocenters. The number of hydrogen-bond acceptors (Lipinski definition) is 1. The number of hydrogen-bond donors (Lipinski definition) is 1. The summed E-state index contributed by atoms with van der Waals surface area (Å²) in [5, 5.41) is 0. The zero-order valence-corrected chi connectivity index (χ0v) is 8.88. The number of rotatable bonds is 3. The molecule has 0 aliphatic carbocycles. The third-order valence-corrected chi connectivity index (χ3v) is 2.33. The summed E-state index contributed by atoms with van der Waals surface area (Å²) < 4.78 is 0. The molecule has 2 N–H and O–H groups in total. The van der Waals surface area contributed by atoms with E-state index in [9.17, 15) is 0 Å². The average Bonchev–Trinajstić information content (AvgIpc) is 2.17. The Morgan fingerprint density at radius 1 is 1.43 bits per heavy atom. The fourth-order valence-corrected chi connectivity index (χ4v) is 1.40. The molecular weight excluding hydrogens is 170 g/mol. The number of benzene rings is 1. The summed E-state index contributed by atoms with van der Waals surface area (Å²) in [5.74, 6) is 2.64. The van der Waals surface area contributed by atoms with Crippen LogP contribution in [0, 0.1) is 17.8 Å². The van der Waals surface area contributed by atoms with Gasteiger partial charge >= 0.3 is 0 Å². The fraction of sp³-hybridized carbons (Fsp3) is 0.385. The summed E-state index contributed by atoms with van der Waals surface area (Å²) >= 11 is 0. The SMILES string of the molecule is C#Cc1cccc(CC(C)(C)CN)c1. The second-order valence-electron chi connectivity index (χ2n) is 4.39. The van der Waals surface area contributed by atoms with E-state index in [1.807, 2.05) is 12.1 Å². The van der Waals surface area contributed by atoms with Gasteiger partial charge in [0.2, 0.25) is 0 Å². The predicted octanol–water partition coefficient (Wildman–Crippen LogP) is 2.20. The first kappa shape index (κ1) is 10.8. The van der Waals surface area contributed by atoms with Crippen LogP contribution in [-0.4, -0.2) is 6.54 Å². The van der Waals surface area contributed by atoms with Crippen LogP contribution in [0.3, 0.4) is 0 Å². The Bertz CT molecular complexity index is 344. The standard InChI is InChI=1S/C13H17N/c1-4-11-6-5-7-12(8-11)9-13(2,3)10-14/h1,5-8H,9-10,14H2,2-3H3. The van der Waals surface area contributed by atoms with Crippen LogP contribution >= 0.6 is 0 Å². The summed E-state index contributed by atoms with van der Waals surface area (Å²) in [5.41, 5.74) is 8.03. The molecular formula is C13H17N. The molecule has 0 spiro atoms. The lowest BCUT2D eigenvalue weighted by Gasteiger charge is -2.22. The van der Waals surface area contributed by atoms with E-state index in [4.69, 9.17) is 12.2 Å². The molecule has 14 heavy (non-hydrogen) atoms. The van der Waals surface area contributed by atoms with E-state index in [0.29, 0.717) is 6.54 Å². The largest absolute Gasteiger partial charge is 0.330 e. The molecule has 1 heteroatoms. The second-order valence-corrected chi connectivity index (χ2v) is 4.39. The molecule has 1 nitrogen and oxygen atoms in total. The van der Waals surface area contributed by atoms with Crippen LogP contribution in [-0.2, 0) is 6.42 Å². The third kappa shape index (κ3) is 2.90. The van der Waals surface area contributed by atoms with Crippen molar-refractivity contribution in [1.82, 2.24) is 0 Å². The Kier molecular flexibility index (Phi) is 3.33. The van der Waals surface area contributed by atoms with Gasteiger partial charge in [-0.3, -0.25) is 0 Å². The molecule has 0 aromatic heterocycles. The molecule has 0 bridgehead atoms. The molecule has 1 rings (SSSR count). The fourth-order valence-electron chi connectivity index (χ4n) is 1.40. The van der Waals surface area contributed by atoms with Gasteiger partial charge in [-0.05, 0) is 36.1 Å². The van der Waals surface area contributed by atoms with Crippen LogP contribution in [0.5, 0.6) is 0 Å². The maximum absolute atomic E-state index is 5.68. The van der Waals surface area contributed by atoms with Gasteiger partial charge in [0.1, 0.15) is 0 Å². The van der Waals surface area contributed by atoms with Crippen LogP contribution in [0.25, 0.3) is 0 Å². The Labute approximate surface area is 86.3 Å². The molecule has 0 radical (unpaired) electrons. The lowest BCUT2D eigenvalue weighted by molar-refractivity contribution is 0.377. The summed E-state index contributed by atoms with van der Waals surface area (Å²) in [6, 6.07) is 8.09. The highest BCUT2D eigenvalue weighted by Crippen LogP contribution is 2.20. The molecule has 1 aromatic rings. The lowest BCUT2D eigenvalue weighted by Crippen LogP contribution is -2.25. The molecule has 74 valence electrons. The van der Waals surface area contributed by atoms with Gasteiger partial charge in [0, 0.05) is 5.56 Å². The van der Waals surface area contributed by atoms with E-state index in [1.165, 1.54) is 5.56 Å². The van der Waals surface area contributed by atoms with Crippen molar-refractivity contribution in [1.29, 1.82) is 0 Å². The van der Waals surface area contributed by atoms with Crippen molar-refractivity contribution in [2.24, 2.45) is 11.1 Å². The van der Waals surface area contributed by atoms with Gasteiger partial charge in [-0.25, -0.2) is 0 Å². The molecule has 0 atom stereocenters. The molecule has 1 aromatic carbocycles. The number of terminal acetylenes is 1. The van der Waals surface area contributed by atoms with Crippen molar-refractivity contribution >= 4 is 0 Å². The Morgan fingerprint density at radius 3 is 2.71 bits per heavy atom. The quantitative estimate of drug-likeness (QED) is 0.721. The van der Waals surface area contributed by atoms with Gasteiger partial charge in [0.25, 0.3) is 0 Å². The summed E-state index contributed by atoms with van der Waals surface area (Å²) in [6.07, 6.45) is 6.31. The van der Waals surface area contributed by atoms with Crippen LogP contribution in [0.1, 0.15) is 25.0 Å². The van der Waals surface area contributed by atoms with E-state index in [2.05, 4.69) is 31.9 Å². The van der Waals surface area contributed by atoms with E-state index in [-0.39, 0.29) is 5.41 Å². The first-order valence-corrected chi connectivity index (χ1v) is 4.83. The minimum Gasteiger partial charge on any atom is -0.330 e. The van der Waals surface area contributed by atoms with Gasteiger partial charge in [0.05, 0.1) is 0 Å². The maximum Gasteiger partial charge on any atom is 0.0245 e. The van der Waals surface area contributed by atoms with Crippen LogP contribution in [0.4, 0.5) is 0 Å². The normalized spacial score (nSPS) is 11.0. The van der Waals surface area contributed by atoms with Crippen LogP contribution < -0.4 is 5.73 Å². The smallest absolute Gasteiger partial charge is 0.0245 e. The first-order chi connectivity index (χ1) is 6.57. The highest BCUT2D eigenvalue weighted by atomic mass is 14.6. The van der Waals surface area contributed by atoms with Gasteiger partial charge < -0.3 is 5.73 Å². The topological polar surface area (TPSA) is 26.0 Å². The van der Waals surface area contributed by atoms with E-state index >= 15 is 0 Å². The summed E-state index contributed by atoms with van der Waals surface area (Å²) in [4.78, 5) is 0. The lowest BCUT2D eigenvalue weighted by atomic mass is 9.85. The molecule has 0 fully saturated rings. The average molecular weight is 187 g/mol. The minimum absolute atomic E-state index is 0.146. The second kappa shape index (κ2) is 4.30. The van der Waals surface area contributed by atoms with Crippen molar-refractivity contribution < 1.29 is 0 Å². The van der Waals surface area contributed by atoms with Gasteiger partial charge in [-0.1, -0.05) is 31.9 Å². The van der Waals surface area contributed by atoms with Crippen molar-refractivity contribution in [3.05, 3.63) is 35.4 Å². The van der Waals surface area contributed by atoms with Gasteiger partial charge in [-0.15, -0.1) is 6.42 Å². The van der Waals surface area contributed by atoms with Crippen molar-refractivity contribution in [2.45, 2.75) is 20.3 Å². The number of nitrogens with two attached hydrogens (primary N) is 1. The predicted molar refractivity (Wildman–Crippen MR) is 60.9 cm³/mol. The molecule has 0 saturated carbocycles. The minimum atomic E-state index is 0.146. The maximum atomic E-state index is 5.68. The first-order valence-electron chi connectivity index (χ1n) is 4.83. The zero-order chi connectivity index (χ0) is 10.6. The van der Waals surface area contributed by atoms with Crippen molar-refractivity contribution in [3.63, 3.8) is 0 Å². The molecule has 0 amide bonds. The summed E-state index contributed by atoms with van der Waals surface area (Å²) in [7, 11) is 0. The van der Waals surface area contributed by atoms with E-state index in [1.54, 1.807) is 0 Å². The zero-order valence-electron chi connectivity index (χ0n) is 8.88. The molecule has 0 aliphatic rings. The van der Waals surface area contributed by atoms with E-state index < -0.39 is 0 Å². The Morgan fingerprint density at radius 2 is 2.14 bits per heavy atom. The molecule has 0 heterocycles. The van der Waals surface area contributed by atoms with Crippen molar-refractivity contribution in [3.8, 4) is 12.3 Å². The highest BCUT2D eigenvalue weighted by Gasteiger charge is 2.15. The molecule has 0 saturated heterocycles. The van der Waals surface area contributed by atoms with Crippen molar-refractivity contribution in [2.75, 3.05) is 6.54 Å². The van der Waals surface area contributed by atoms with Gasteiger partial charge in [0.15, 0.2) is 0 Å². The Balaban J connectivity index is 2.83. The molecule has 0 aliphatic heterocycles. The van der Waals surface area contributed by atoms with E-state index in [0.717, 1.165) is 12.0 Å². The van der Waals surface area contributed by atoms with Gasteiger partial charge in [-0.2, -0.15) is 0 Å². The monoisotopic (exact) mass is 187 g/mol. The van der Waals surface area contributed by atoms with Crippen LogP contribution in [0.2, 0.25) is 0 Å². The highest BCUT2D eigenvalue weighted by molar-refractivity contribution is 5.35. The third-order valence-electron chi connectivity index (χ3n) is 2.33. The Hall–Kier alpha value is -1.26.